The molecule has 0 radical (unpaired) electrons. The molecule has 1 aromatic carbocycles. The second-order valence-corrected chi connectivity index (χ2v) is 11.1. The van der Waals surface area contributed by atoms with Crippen LogP contribution in [-0.2, 0) is 35.1 Å². The number of nitrogens with two attached hydrogens (primary N) is 1. The van der Waals surface area contributed by atoms with E-state index in [-0.39, 0.29) is 47.6 Å². The van der Waals surface area contributed by atoms with Gasteiger partial charge < -0.3 is 24.7 Å². The summed E-state index contributed by atoms with van der Waals surface area (Å²) in [5, 5.41) is 0. The highest BCUT2D eigenvalue weighted by Crippen LogP contribution is 2.31. The number of esters is 4. The van der Waals surface area contributed by atoms with E-state index < -0.39 is 36.2 Å². The van der Waals surface area contributed by atoms with E-state index >= 15 is 0 Å². The van der Waals surface area contributed by atoms with Crippen LogP contribution in [0.2, 0.25) is 0 Å². The standard InChI is InChI=1S/C29H45NO8/c1-10-17(3)26(32)37-23-13-12-21(15-24(23)38-27(33)18(4)11-2)14-22(30)28(34)36-20(6)19(5)35-25(31)16-29(7,8)9/h12-13,15,17-20,22H,10-11,14,16,30H2,1-9H3/t17?,18?,19?,20-,22-/m0/s1. The van der Waals surface area contributed by atoms with Gasteiger partial charge in [-0.05, 0) is 56.2 Å². The van der Waals surface area contributed by atoms with E-state index in [0.717, 1.165) is 0 Å². The molecule has 3 unspecified atom stereocenters. The lowest BCUT2D eigenvalue weighted by atomic mass is 9.92. The van der Waals surface area contributed by atoms with Gasteiger partial charge in [0.25, 0.3) is 0 Å². The predicted octanol–water partition coefficient (Wildman–Crippen LogP) is 4.76. The van der Waals surface area contributed by atoms with E-state index in [0.29, 0.717) is 18.4 Å². The molecule has 0 aliphatic carbocycles. The number of benzene rings is 1. The van der Waals surface area contributed by atoms with Gasteiger partial charge >= 0.3 is 23.9 Å². The van der Waals surface area contributed by atoms with Crippen LogP contribution in [0.1, 0.15) is 87.1 Å². The molecule has 0 fully saturated rings. The molecule has 0 aliphatic heterocycles. The summed E-state index contributed by atoms with van der Waals surface area (Å²) in [6, 6.07) is 3.67. The molecular formula is C29H45NO8. The summed E-state index contributed by atoms with van der Waals surface area (Å²) in [4.78, 5) is 49.5. The molecule has 0 heterocycles. The third-order valence-electron chi connectivity index (χ3n) is 6.17. The summed E-state index contributed by atoms with van der Waals surface area (Å²) >= 11 is 0. The van der Waals surface area contributed by atoms with Crippen LogP contribution < -0.4 is 15.2 Å². The smallest absolute Gasteiger partial charge is 0.323 e. The van der Waals surface area contributed by atoms with Crippen molar-refractivity contribution in [2.24, 2.45) is 23.0 Å². The summed E-state index contributed by atoms with van der Waals surface area (Å²) in [7, 11) is 0. The number of hydrogen-bond donors (Lipinski definition) is 1. The van der Waals surface area contributed by atoms with Gasteiger partial charge in [0, 0.05) is 0 Å². The Labute approximate surface area is 226 Å². The summed E-state index contributed by atoms with van der Waals surface area (Å²) in [6.07, 6.45) is 0.155. The van der Waals surface area contributed by atoms with Gasteiger partial charge in [-0.1, -0.05) is 54.5 Å². The fourth-order valence-corrected chi connectivity index (χ4v) is 3.08. The Morgan fingerprint density at radius 1 is 0.789 bits per heavy atom. The molecular weight excluding hydrogens is 490 g/mol. The van der Waals surface area contributed by atoms with Crippen LogP contribution in [0.4, 0.5) is 0 Å². The van der Waals surface area contributed by atoms with Gasteiger partial charge in [-0.15, -0.1) is 0 Å². The van der Waals surface area contributed by atoms with Crippen molar-refractivity contribution in [1.29, 1.82) is 0 Å². The lowest BCUT2D eigenvalue weighted by molar-refractivity contribution is -0.167. The maximum atomic E-state index is 12.6. The summed E-state index contributed by atoms with van der Waals surface area (Å²) in [5.41, 5.74) is 6.47. The van der Waals surface area contributed by atoms with Crippen molar-refractivity contribution in [2.75, 3.05) is 0 Å². The summed E-state index contributed by atoms with van der Waals surface area (Å²) in [6.45, 7) is 16.3. The number of rotatable bonds is 13. The first-order chi connectivity index (χ1) is 17.6. The van der Waals surface area contributed by atoms with Crippen molar-refractivity contribution < 1.29 is 38.1 Å². The highest BCUT2D eigenvalue weighted by molar-refractivity contribution is 5.79. The van der Waals surface area contributed by atoms with Crippen LogP contribution in [0, 0.1) is 17.3 Å². The highest BCUT2D eigenvalue weighted by Gasteiger charge is 2.27. The zero-order valence-electron chi connectivity index (χ0n) is 24.3. The maximum Gasteiger partial charge on any atom is 0.323 e. The molecule has 0 aromatic heterocycles. The number of hydrogen-bond acceptors (Lipinski definition) is 9. The number of carbonyl (C=O) groups is 4. The molecule has 38 heavy (non-hydrogen) atoms. The molecule has 9 nitrogen and oxygen atoms in total. The Bertz CT molecular complexity index is 968. The Balaban J connectivity index is 2.94. The second-order valence-electron chi connectivity index (χ2n) is 11.1. The average Bonchev–Trinajstić information content (AvgIpc) is 2.82. The number of carbonyl (C=O) groups excluding carboxylic acids is 4. The minimum absolute atomic E-state index is 0.0806. The van der Waals surface area contributed by atoms with E-state index in [1.54, 1.807) is 33.8 Å². The van der Waals surface area contributed by atoms with E-state index in [1.807, 2.05) is 34.6 Å². The maximum absolute atomic E-state index is 12.6. The summed E-state index contributed by atoms with van der Waals surface area (Å²) < 4.78 is 21.8. The van der Waals surface area contributed by atoms with Gasteiger partial charge in [0.1, 0.15) is 18.2 Å². The van der Waals surface area contributed by atoms with Gasteiger partial charge in [0.05, 0.1) is 18.3 Å². The fraction of sp³-hybridized carbons (Fsp3) is 0.655. The monoisotopic (exact) mass is 535 g/mol. The zero-order chi connectivity index (χ0) is 29.2. The molecule has 5 atom stereocenters. The molecule has 9 heteroatoms. The van der Waals surface area contributed by atoms with Gasteiger partial charge in [0.2, 0.25) is 0 Å². The van der Waals surface area contributed by atoms with E-state index in [1.165, 1.54) is 12.1 Å². The third kappa shape index (κ3) is 11.2. The molecule has 1 rings (SSSR count). The van der Waals surface area contributed by atoms with Gasteiger partial charge in [0.15, 0.2) is 11.5 Å². The van der Waals surface area contributed by atoms with Crippen molar-refractivity contribution in [1.82, 2.24) is 0 Å². The van der Waals surface area contributed by atoms with Crippen molar-refractivity contribution in [2.45, 2.75) is 106 Å². The Morgan fingerprint density at radius 3 is 1.79 bits per heavy atom. The lowest BCUT2D eigenvalue weighted by Crippen LogP contribution is -2.39. The summed E-state index contributed by atoms with van der Waals surface area (Å²) in [5.74, 6) is -2.41. The SMILES string of the molecule is CCC(C)C(=O)Oc1ccc(C[C@H](N)C(=O)O[C@@H](C)C(C)OC(=O)CC(C)(C)C)cc1OC(=O)C(C)CC. The molecule has 0 aliphatic rings. The van der Waals surface area contributed by atoms with Crippen LogP contribution >= 0.6 is 0 Å². The topological polar surface area (TPSA) is 131 Å². The van der Waals surface area contributed by atoms with Crippen LogP contribution in [0.15, 0.2) is 18.2 Å². The fourth-order valence-electron chi connectivity index (χ4n) is 3.08. The van der Waals surface area contributed by atoms with Crippen molar-refractivity contribution in [3.05, 3.63) is 23.8 Å². The van der Waals surface area contributed by atoms with Gasteiger partial charge in [-0.3, -0.25) is 19.2 Å². The van der Waals surface area contributed by atoms with Crippen molar-refractivity contribution >= 4 is 23.9 Å². The van der Waals surface area contributed by atoms with Gasteiger partial charge in [-0.2, -0.15) is 0 Å². The average molecular weight is 536 g/mol. The van der Waals surface area contributed by atoms with E-state index in [4.69, 9.17) is 24.7 Å². The quantitative estimate of drug-likeness (QED) is 0.280. The number of ether oxygens (including phenoxy) is 4. The molecule has 214 valence electrons. The van der Waals surface area contributed by atoms with Crippen LogP contribution in [-0.4, -0.2) is 42.1 Å². The molecule has 1 aromatic rings. The van der Waals surface area contributed by atoms with E-state index in [9.17, 15) is 19.2 Å². The Morgan fingerprint density at radius 2 is 1.29 bits per heavy atom. The van der Waals surface area contributed by atoms with Gasteiger partial charge in [-0.25, -0.2) is 0 Å². The molecule has 0 spiro atoms. The van der Waals surface area contributed by atoms with Crippen LogP contribution in [0.5, 0.6) is 11.5 Å². The minimum Gasteiger partial charge on any atom is -0.459 e. The zero-order valence-corrected chi connectivity index (χ0v) is 24.3. The van der Waals surface area contributed by atoms with Crippen LogP contribution in [0.25, 0.3) is 0 Å². The minimum atomic E-state index is -1.03. The molecule has 0 bridgehead atoms. The van der Waals surface area contributed by atoms with Crippen LogP contribution in [0.3, 0.4) is 0 Å². The van der Waals surface area contributed by atoms with E-state index in [2.05, 4.69) is 0 Å². The predicted molar refractivity (Wildman–Crippen MR) is 143 cm³/mol. The second kappa shape index (κ2) is 14.9. The first-order valence-electron chi connectivity index (χ1n) is 13.3. The first kappa shape index (κ1) is 33.1. The first-order valence-corrected chi connectivity index (χ1v) is 13.3. The molecule has 0 saturated heterocycles. The van der Waals surface area contributed by atoms with Crippen molar-refractivity contribution in [3.8, 4) is 11.5 Å². The van der Waals surface area contributed by atoms with Crippen molar-refractivity contribution in [3.63, 3.8) is 0 Å². The Hall–Kier alpha value is -2.94. The Kier molecular flexibility index (Phi) is 12.9. The lowest BCUT2D eigenvalue weighted by Gasteiger charge is -2.24. The normalized spacial score (nSPS) is 15.4. The third-order valence-corrected chi connectivity index (χ3v) is 6.17. The highest BCUT2D eigenvalue weighted by atomic mass is 16.6. The molecule has 0 saturated carbocycles. The molecule has 2 N–H and O–H groups in total. The largest absolute Gasteiger partial charge is 0.459 e. The molecule has 0 amide bonds.